The molecule has 2 heteroatoms. The van der Waals surface area contributed by atoms with Crippen LogP contribution in [0.3, 0.4) is 0 Å². The van der Waals surface area contributed by atoms with Crippen LogP contribution >= 0.6 is 0 Å². The Morgan fingerprint density at radius 3 is 2.09 bits per heavy atom. The molecule has 2 aromatic carbocycles. The van der Waals surface area contributed by atoms with Gasteiger partial charge in [-0.1, -0.05) is 54.6 Å². The molecule has 2 bridgehead atoms. The Bertz CT molecular complexity index is 757. The Balaban J connectivity index is 2.16. The zero-order valence-corrected chi connectivity index (χ0v) is 12.5. The molecule has 0 amide bonds. The minimum absolute atomic E-state index is 0.0979. The lowest BCUT2D eigenvalue weighted by molar-refractivity contribution is -0.150. The Morgan fingerprint density at radius 2 is 1.64 bits per heavy atom. The predicted octanol–water partition coefficient (Wildman–Crippen LogP) is 4.10. The van der Waals surface area contributed by atoms with E-state index in [0.29, 0.717) is 6.42 Å². The first-order valence-electron chi connectivity index (χ1n) is 7.60. The Hall–Kier alpha value is -2.35. The molecule has 0 saturated carbocycles. The zero-order valence-electron chi connectivity index (χ0n) is 12.5. The first-order valence-corrected chi connectivity index (χ1v) is 7.60. The molecule has 1 unspecified atom stereocenters. The molecule has 110 valence electrons. The molecule has 3 aliphatic carbocycles. The molecule has 0 fully saturated rings. The van der Waals surface area contributed by atoms with Crippen LogP contribution in [0.25, 0.3) is 0 Å². The monoisotopic (exact) mass is 290 g/mol. The number of carboxylic acids is 1. The van der Waals surface area contributed by atoms with Crippen molar-refractivity contribution in [2.75, 3.05) is 0 Å². The molecule has 0 aromatic heterocycles. The second kappa shape index (κ2) is 4.10. The summed E-state index contributed by atoms with van der Waals surface area (Å²) >= 11 is 0. The number of rotatable bonds is 2. The molecule has 0 heterocycles. The Kier molecular flexibility index (Phi) is 2.48. The molecule has 3 aliphatic rings. The first-order chi connectivity index (χ1) is 10.5. The third-order valence-electron chi connectivity index (χ3n) is 5.63. The van der Waals surface area contributed by atoms with Gasteiger partial charge < -0.3 is 5.11 Å². The van der Waals surface area contributed by atoms with Crippen molar-refractivity contribution in [3.63, 3.8) is 0 Å². The summed E-state index contributed by atoms with van der Waals surface area (Å²) in [4.78, 5) is 12.1. The number of aliphatic carboxylic acids is 1. The highest BCUT2D eigenvalue weighted by Gasteiger charge is 2.59. The van der Waals surface area contributed by atoms with Gasteiger partial charge in [0.25, 0.3) is 0 Å². The maximum Gasteiger partial charge on any atom is 0.310 e. The van der Waals surface area contributed by atoms with Gasteiger partial charge in [-0.25, -0.2) is 0 Å². The van der Waals surface area contributed by atoms with Gasteiger partial charge in [0.15, 0.2) is 0 Å². The first kappa shape index (κ1) is 13.3. The van der Waals surface area contributed by atoms with Crippen LogP contribution in [0, 0.1) is 5.41 Å². The smallest absolute Gasteiger partial charge is 0.310 e. The van der Waals surface area contributed by atoms with Crippen LogP contribution in [-0.4, -0.2) is 11.1 Å². The van der Waals surface area contributed by atoms with E-state index in [4.69, 9.17) is 0 Å². The lowest BCUT2D eigenvalue weighted by Crippen LogP contribution is -2.51. The summed E-state index contributed by atoms with van der Waals surface area (Å²) in [6.45, 7) is 5.96. The Morgan fingerprint density at radius 1 is 1.14 bits per heavy atom. The van der Waals surface area contributed by atoms with Crippen LogP contribution in [0.5, 0.6) is 0 Å². The molecule has 0 spiro atoms. The SMILES string of the molecule is C=CC12CC(C)(C(=O)O)C(c3ccccc31)c1ccccc12. The quantitative estimate of drug-likeness (QED) is 0.846. The molecule has 1 N–H and O–H groups in total. The van der Waals surface area contributed by atoms with Crippen molar-refractivity contribution >= 4 is 5.97 Å². The standard InChI is InChI=1S/C20H18O2/c1-3-20-12-19(2,18(21)22)17(13-8-4-6-10-15(13)20)14-9-5-7-11-16(14)20/h3-11,17H,1,12H2,2H3,(H,21,22). The number of carboxylic acid groups (broad SMARTS) is 1. The number of fused-ring (bicyclic) bond motifs is 1. The van der Waals surface area contributed by atoms with Crippen LogP contribution in [0.15, 0.2) is 61.2 Å². The summed E-state index contributed by atoms with van der Waals surface area (Å²) in [5.41, 5.74) is 3.49. The third kappa shape index (κ3) is 1.33. The summed E-state index contributed by atoms with van der Waals surface area (Å²) in [6, 6.07) is 16.5. The van der Waals surface area contributed by atoms with Gasteiger partial charge in [0.1, 0.15) is 0 Å². The second-order valence-corrected chi connectivity index (χ2v) is 6.68. The fourth-order valence-corrected chi connectivity index (χ4v) is 4.67. The molecule has 0 aliphatic heterocycles. The predicted molar refractivity (Wildman–Crippen MR) is 86.1 cm³/mol. The lowest BCUT2D eigenvalue weighted by atomic mass is 9.46. The topological polar surface area (TPSA) is 37.3 Å². The van der Waals surface area contributed by atoms with E-state index in [0.717, 1.165) is 11.1 Å². The van der Waals surface area contributed by atoms with Crippen molar-refractivity contribution < 1.29 is 9.90 Å². The largest absolute Gasteiger partial charge is 0.481 e. The summed E-state index contributed by atoms with van der Waals surface area (Å²) in [7, 11) is 0. The van der Waals surface area contributed by atoms with Crippen LogP contribution in [0.2, 0.25) is 0 Å². The molecule has 2 nitrogen and oxygen atoms in total. The van der Waals surface area contributed by atoms with Crippen LogP contribution in [0.4, 0.5) is 0 Å². The molecular formula is C20H18O2. The summed E-state index contributed by atoms with van der Waals surface area (Å²) in [6.07, 6.45) is 2.51. The van der Waals surface area contributed by atoms with E-state index in [-0.39, 0.29) is 5.92 Å². The van der Waals surface area contributed by atoms with Gasteiger partial charge in [0.2, 0.25) is 0 Å². The van der Waals surface area contributed by atoms with Gasteiger partial charge in [-0.15, -0.1) is 6.58 Å². The summed E-state index contributed by atoms with van der Waals surface area (Å²) in [5, 5.41) is 9.95. The van der Waals surface area contributed by atoms with E-state index in [1.54, 1.807) is 0 Å². The van der Waals surface area contributed by atoms with E-state index in [9.17, 15) is 9.90 Å². The summed E-state index contributed by atoms with van der Waals surface area (Å²) < 4.78 is 0. The van der Waals surface area contributed by atoms with Crippen LogP contribution in [0.1, 0.15) is 41.5 Å². The van der Waals surface area contributed by atoms with Gasteiger partial charge in [-0.3, -0.25) is 4.79 Å². The fourth-order valence-electron chi connectivity index (χ4n) is 4.67. The lowest BCUT2D eigenvalue weighted by Gasteiger charge is -2.55. The van der Waals surface area contributed by atoms with E-state index in [1.807, 2.05) is 37.3 Å². The average Bonchev–Trinajstić information content (AvgIpc) is 2.55. The van der Waals surface area contributed by atoms with Gasteiger partial charge in [-0.05, 0) is 35.6 Å². The average molecular weight is 290 g/mol. The van der Waals surface area contributed by atoms with Gasteiger partial charge in [0, 0.05) is 11.3 Å². The van der Waals surface area contributed by atoms with E-state index < -0.39 is 16.8 Å². The van der Waals surface area contributed by atoms with Crippen LogP contribution < -0.4 is 0 Å². The number of hydrogen-bond donors (Lipinski definition) is 1. The molecule has 22 heavy (non-hydrogen) atoms. The normalized spacial score (nSPS) is 31.2. The van der Waals surface area contributed by atoms with Gasteiger partial charge >= 0.3 is 5.97 Å². The number of carbonyl (C=O) groups is 1. The maximum atomic E-state index is 12.1. The van der Waals surface area contributed by atoms with E-state index in [1.165, 1.54) is 11.1 Å². The molecule has 0 radical (unpaired) electrons. The highest BCUT2D eigenvalue weighted by Crippen LogP contribution is 2.63. The van der Waals surface area contributed by atoms with Crippen molar-refractivity contribution in [1.82, 2.24) is 0 Å². The van der Waals surface area contributed by atoms with Crippen molar-refractivity contribution in [3.05, 3.63) is 83.4 Å². The molecule has 5 rings (SSSR count). The molecule has 0 saturated heterocycles. The summed E-state index contributed by atoms with van der Waals surface area (Å²) in [5.74, 6) is -0.827. The molecule has 1 atom stereocenters. The van der Waals surface area contributed by atoms with E-state index >= 15 is 0 Å². The number of allylic oxidation sites excluding steroid dienone is 1. The van der Waals surface area contributed by atoms with E-state index in [2.05, 4.69) is 30.8 Å². The highest BCUT2D eigenvalue weighted by atomic mass is 16.4. The number of benzene rings is 2. The van der Waals surface area contributed by atoms with Gasteiger partial charge in [-0.2, -0.15) is 0 Å². The van der Waals surface area contributed by atoms with Gasteiger partial charge in [0.05, 0.1) is 5.41 Å². The minimum Gasteiger partial charge on any atom is -0.481 e. The highest BCUT2D eigenvalue weighted by molar-refractivity contribution is 5.81. The zero-order chi connectivity index (χ0) is 15.5. The molecule has 2 aromatic rings. The Labute approximate surface area is 130 Å². The molecular weight excluding hydrogens is 272 g/mol. The minimum atomic E-state index is -0.809. The van der Waals surface area contributed by atoms with Crippen molar-refractivity contribution in [2.24, 2.45) is 5.41 Å². The van der Waals surface area contributed by atoms with Crippen molar-refractivity contribution in [2.45, 2.75) is 24.7 Å². The second-order valence-electron chi connectivity index (χ2n) is 6.68. The van der Waals surface area contributed by atoms with Crippen molar-refractivity contribution in [1.29, 1.82) is 0 Å². The number of hydrogen-bond acceptors (Lipinski definition) is 1. The van der Waals surface area contributed by atoms with Crippen molar-refractivity contribution in [3.8, 4) is 0 Å². The van der Waals surface area contributed by atoms with Crippen LogP contribution in [-0.2, 0) is 10.2 Å². The fraction of sp³-hybridized carbons (Fsp3) is 0.250. The third-order valence-corrected chi connectivity index (χ3v) is 5.63. The maximum absolute atomic E-state index is 12.1.